The smallest absolute Gasteiger partial charge is 0.329 e. The quantitative estimate of drug-likeness (QED) is 0.190. The molecule has 7 heteroatoms. The van der Waals surface area contributed by atoms with Crippen molar-refractivity contribution in [3.05, 3.63) is 77.9 Å². The third-order valence-electron chi connectivity index (χ3n) is 6.97. The van der Waals surface area contributed by atoms with Gasteiger partial charge < -0.3 is 20.3 Å². The van der Waals surface area contributed by atoms with Crippen LogP contribution >= 0.6 is 0 Å². The number of urea groups is 1. The first-order chi connectivity index (χ1) is 18.5. The molecule has 0 aliphatic carbocycles. The van der Waals surface area contributed by atoms with E-state index in [4.69, 9.17) is 10.5 Å². The molecule has 0 radical (unpaired) electrons. The lowest BCUT2D eigenvalue weighted by Crippen LogP contribution is -2.74. The summed E-state index contributed by atoms with van der Waals surface area (Å²) in [4.78, 5) is 42.5. The van der Waals surface area contributed by atoms with Crippen LogP contribution in [0, 0.1) is 0 Å². The molecule has 3 unspecified atom stereocenters. The van der Waals surface area contributed by atoms with Gasteiger partial charge in [-0.2, -0.15) is 0 Å². The van der Waals surface area contributed by atoms with Gasteiger partial charge in [-0.15, -0.1) is 0 Å². The molecule has 1 aliphatic rings. The highest BCUT2D eigenvalue weighted by Crippen LogP contribution is 2.32. The SMILES string of the molecule is CCCCCCN(C(N)=O)C1C(=O)N(C(CCCC)C(=O)OCc2ccccc2)C1C=Cc1ccccc1. The number of β-lactam (4-membered cyclic amide) rings is 1. The number of amides is 3. The van der Waals surface area contributed by atoms with Gasteiger partial charge in [-0.25, -0.2) is 9.59 Å². The number of hydrogen-bond donors (Lipinski definition) is 1. The molecule has 0 spiro atoms. The summed E-state index contributed by atoms with van der Waals surface area (Å²) in [6.45, 7) is 4.72. The Balaban J connectivity index is 1.85. The number of unbranched alkanes of at least 4 members (excludes halogenated alkanes) is 4. The van der Waals surface area contributed by atoms with E-state index < -0.39 is 30.1 Å². The molecule has 1 aliphatic heterocycles. The zero-order chi connectivity index (χ0) is 27.3. The third-order valence-corrected chi connectivity index (χ3v) is 6.97. The van der Waals surface area contributed by atoms with E-state index in [-0.39, 0.29) is 12.5 Å². The van der Waals surface area contributed by atoms with Crippen LogP contribution in [0.4, 0.5) is 4.79 Å². The molecule has 204 valence electrons. The molecule has 7 nitrogen and oxygen atoms in total. The van der Waals surface area contributed by atoms with E-state index >= 15 is 0 Å². The first-order valence-electron chi connectivity index (χ1n) is 13.8. The van der Waals surface area contributed by atoms with Gasteiger partial charge in [0.05, 0.1) is 6.04 Å². The van der Waals surface area contributed by atoms with E-state index in [0.29, 0.717) is 13.0 Å². The summed E-state index contributed by atoms with van der Waals surface area (Å²) >= 11 is 0. The number of carbonyl (C=O) groups excluding carboxylic acids is 3. The second kappa shape index (κ2) is 15.0. The van der Waals surface area contributed by atoms with E-state index in [0.717, 1.165) is 49.7 Å². The van der Waals surface area contributed by atoms with Gasteiger partial charge in [-0.05, 0) is 24.0 Å². The third kappa shape index (κ3) is 7.70. The average molecular weight is 520 g/mol. The lowest BCUT2D eigenvalue weighted by atomic mass is 9.88. The Kier molecular flexibility index (Phi) is 11.4. The average Bonchev–Trinajstić information content (AvgIpc) is 2.93. The minimum absolute atomic E-state index is 0.142. The topological polar surface area (TPSA) is 92.9 Å². The molecule has 2 aromatic carbocycles. The molecule has 3 rings (SSSR count). The van der Waals surface area contributed by atoms with Gasteiger partial charge in [0.1, 0.15) is 18.7 Å². The summed E-state index contributed by atoms with van der Waals surface area (Å²) in [7, 11) is 0. The predicted molar refractivity (Wildman–Crippen MR) is 150 cm³/mol. The van der Waals surface area contributed by atoms with Crippen LogP contribution in [-0.2, 0) is 20.9 Å². The number of likely N-dealkylation sites (tertiary alicyclic amines) is 1. The van der Waals surface area contributed by atoms with Crippen molar-refractivity contribution in [2.75, 3.05) is 6.54 Å². The van der Waals surface area contributed by atoms with Crippen LogP contribution in [0.15, 0.2) is 66.7 Å². The summed E-state index contributed by atoms with van der Waals surface area (Å²) < 4.78 is 5.68. The highest BCUT2D eigenvalue weighted by Gasteiger charge is 2.54. The Labute approximate surface area is 226 Å². The second-order valence-corrected chi connectivity index (χ2v) is 9.79. The van der Waals surface area contributed by atoms with Crippen molar-refractivity contribution in [2.24, 2.45) is 5.73 Å². The van der Waals surface area contributed by atoms with Crippen LogP contribution < -0.4 is 5.73 Å². The largest absolute Gasteiger partial charge is 0.459 e. The number of carbonyl (C=O) groups is 3. The van der Waals surface area contributed by atoms with Crippen molar-refractivity contribution in [2.45, 2.75) is 83.5 Å². The van der Waals surface area contributed by atoms with Gasteiger partial charge in [0.15, 0.2) is 0 Å². The Hall–Kier alpha value is -3.61. The summed E-state index contributed by atoms with van der Waals surface area (Å²) in [5.74, 6) is -0.694. The lowest BCUT2D eigenvalue weighted by Gasteiger charge is -2.52. The van der Waals surface area contributed by atoms with E-state index in [2.05, 4.69) is 6.92 Å². The standard InChI is InChI=1S/C31H41N3O4/c1-3-5-7-14-22-33(31(32)37)28-26(21-20-24-15-10-8-11-16-24)34(29(28)35)27(19-6-4-2)30(36)38-23-25-17-12-9-13-18-25/h8-13,15-18,20-21,26-28H,3-7,14,19,22-23H2,1-2H3,(H2,32,37). The highest BCUT2D eigenvalue weighted by molar-refractivity contribution is 5.97. The second-order valence-electron chi connectivity index (χ2n) is 9.79. The first kappa shape index (κ1) is 29.0. The summed E-state index contributed by atoms with van der Waals surface area (Å²) in [6.07, 6.45) is 9.83. The number of esters is 1. The summed E-state index contributed by atoms with van der Waals surface area (Å²) in [5, 5.41) is 0. The highest BCUT2D eigenvalue weighted by atomic mass is 16.5. The molecule has 1 heterocycles. The van der Waals surface area contributed by atoms with E-state index in [9.17, 15) is 14.4 Å². The van der Waals surface area contributed by atoms with E-state index in [1.165, 1.54) is 4.90 Å². The number of nitrogens with zero attached hydrogens (tertiary/aromatic N) is 2. The number of rotatable bonds is 15. The van der Waals surface area contributed by atoms with Gasteiger partial charge in [0.25, 0.3) is 0 Å². The molecule has 2 aromatic rings. The molecule has 0 aromatic heterocycles. The molecule has 1 saturated heterocycles. The molecule has 1 fully saturated rings. The fourth-order valence-corrected chi connectivity index (χ4v) is 4.85. The molecule has 38 heavy (non-hydrogen) atoms. The fourth-order valence-electron chi connectivity index (χ4n) is 4.85. The van der Waals surface area contributed by atoms with E-state index in [1.54, 1.807) is 4.90 Å². The van der Waals surface area contributed by atoms with Gasteiger partial charge in [0.2, 0.25) is 5.91 Å². The van der Waals surface area contributed by atoms with Crippen LogP contribution in [-0.4, -0.2) is 52.4 Å². The molecular formula is C31H41N3O4. The molecule has 3 amide bonds. The van der Waals surface area contributed by atoms with Crippen molar-refractivity contribution in [3.8, 4) is 0 Å². The van der Waals surface area contributed by atoms with Crippen LogP contribution in [0.5, 0.6) is 0 Å². The minimum Gasteiger partial charge on any atom is -0.459 e. The predicted octanol–water partition coefficient (Wildman–Crippen LogP) is 5.54. The molecule has 3 atom stereocenters. The Morgan fingerprint density at radius 1 is 0.974 bits per heavy atom. The van der Waals surface area contributed by atoms with Crippen molar-refractivity contribution in [1.82, 2.24) is 9.80 Å². The van der Waals surface area contributed by atoms with E-state index in [1.807, 2.05) is 79.7 Å². The zero-order valence-corrected chi connectivity index (χ0v) is 22.6. The Morgan fingerprint density at radius 3 is 2.26 bits per heavy atom. The van der Waals surface area contributed by atoms with Crippen molar-refractivity contribution in [3.63, 3.8) is 0 Å². The van der Waals surface area contributed by atoms with Crippen LogP contribution in [0.25, 0.3) is 6.08 Å². The maximum atomic E-state index is 13.6. The van der Waals surface area contributed by atoms with Crippen LogP contribution in [0.1, 0.15) is 69.9 Å². The summed E-state index contributed by atoms with van der Waals surface area (Å²) in [5.41, 5.74) is 7.62. The van der Waals surface area contributed by atoms with Crippen LogP contribution in [0.3, 0.4) is 0 Å². The number of primary amides is 1. The number of hydrogen-bond acceptors (Lipinski definition) is 4. The van der Waals surface area contributed by atoms with Crippen molar-refractivity contribution < 1.29 is 19.1 Å². The minimum atomic E-state index is -0.736. The number of benzene rings is 2. The number of nitrogens with two attached hydrogens (primary N) is 1. The normalized spacial score (nSPS) is 17.7. The van der Waals surface area contributed by atoms with Crippen LogP contribution in [0.2, 0.25) is 0 Å². The maximum absolute atomic E-state index is 13.6. The maximum Gasteiger partial charge on any atom is 0.329 e. The van der Waals surface area contributed by atoms with Crippen molar-refractivity contribution >= 4 is 24.0 Å². The summed E-state index contributed by atoms with van der Waals surface area (Å²) in [6, 6.07) is 16.7. The molecule has 2 N–H and O–H groups in total. The van der Waals surface area contributed by atoms with Crippen molar-refractivity contribution in [1.29, 1.82) is 0 Å². The fraction of sp³-hybridized carbons (Fsp3) is 0.452. The first-order valence-corrected chi connectivity index (χ1v) is 13.8. The number of ether oxygens (including phenoxy) is 1. The monoisotopic (exact) mass is 519 g/mol. The Bertz CT molecular complexity index is 1060. The molecule has 0 bridgehead atoms. The van der Waals surface area contributed by atoms with Gasteiger partial charge in [-0.3, -0.25) is 4.79 Å². The van der Waals surface area contributed by atoms with Gasteiger partial charge in [-0.1, -0.05) is 119 Å². The lowest BCUT2D eigenvalue weighted by molar-refractivity contribution is -0.171. The zero-order valence-electron chi connectivity index (χ0n) is 22.6. The van der Waals surface area contributed by atoms with Gasteiger partial charge in [0, 0.05) is 6.54 Å². The Morgan fingerprint density at radius 2 is 1.63 bits per heavy atom. The molecular weight excluding hydrogens is 478 g/mol. The molecule has 0 saturated carbocycles. The van der Waals surface area contributed by atoms with Gasteiger partial charge >= 0.3 is 12.0 Å².